The number of rotatable bonds is 6. The van der Waals surface area contributed by atoms with Gasteiger partial charge in [0.15, 0.2) is 0 Å². The summed E-state index contributed by atoms with van der Waals surface area (Å²) < 4.78 is 5.10. The number of carbonyl (C=O) groups is 1. The van der Waals surface area contributed by atoms with E-state index in [1.807, 2.05) is 30.3 Å². The van der Waals surface area contributed by atoms with Crippen LogP contribution in [0, 0.1) is 0 Å². The van der Waals surface area contributed by atoms with Crippen LogP contribution in [0.2, 0.25) is 0 Å². The van der Waals surface area contributed by atoms with Crippen molar-refractivity contribution in [2.75, 3.05) is 6.61 Å². The van der Waals surface area contributed by atoms with E-state index >= 15 is 0 Å². The van der Waals surface area contributed by atoms with Gasteiger partial charge in [-0.3, -0.25) is 0 Å². The fourth-order valence-electron chi connectivity index (χ4n) is 1.41. The van der Waals surface area contributed by atoms with E-state index in [-0.39, 0.29) is 5.97 Å². The Hall–Kier alpha value is -1.35. The highest BCUT2D eigenvalue weighted by Gasteiger charge is 2.16. The second kappa shape index (κ2) is 7.01. The van der Waals surface area contributed by atoms with Crippen molar-refractivity contribution in [1.29, 1.82) is 0 Å². The van der Waals surface area contributed by atoms with E-state index in [1.54, 1.807) is 0 Å². The van der Waals surface area contributed by atoms with Gasteiger partial charge in [-0.2, -0.15) is 0 Å². The quantitative estimate of drug-likeness (QED) is 0.593. The fraction of sp³-hybridized carbons (Fsp3) is 0.462. The lowest BCUT2D eigenvalue weighted by molar-refractivity contribution is -0.145. The van der Waals surface area contributed by atoms with Gasteiger partial charge in [-0.05, 0) is 12.0 Å². The molecule has 0 aromatic heterocycles. The van der Waals surface area contributed by atoms with Crippen LogP contribution < -0.4 is 5.73 Å². The number of carbonyl (C=O) groups excluding carboxylic acids is 1. The van der Waals surface area contributed by atoms with Gasteiger partial charge in [-0.25, -0.2) is 4.79 Å². The third kappa shape index (κ3) is 4.03. The van der Waals surface area contributed by atoms with Crippen molar-refractivity contribution >= 4 is 5.97 Å². The molecule has 0 spiro atoms. The number of nitrogens with two attached hydrogens (primary N) is 1. The largest absolute Gasteiger partial charge is 0.464 e. The van der Waals surface area contributed by atoms with Crippen molar-refractivity contribution in [2.24, 2.45) is 5.73 Å². The Morgan fingerprint density at radius 2 is 2.00 bits per heavy atom. The topological polar surface area (TPSA) is 52.3 Å². The van der Waals surface area contributed by atoms with Gasteiger partial charge in [-0.1, -0.05) is 50.1 Å². The molecule has 0 amide bonds. The molecule has 0 fully saturated rings. The van der Waals surface area contributed by atoms with Crippen molar-refractivity contribution in [3.63, 3.8) is 0 Å². The minimum absolute atomic E-state index is 0.345. The summed E-state index contributed by atoms with van der Waals surface area (Å²) in [6.45, 7) is 2.57. The van der Waals surface area contributed by atoms with E-state index in [2.05, 4.69) is 6.92 Å². The Kier molecular flexibility index (Phi) is 5.57. The predicted molar refractivity (Wildman–Crippen MR) is 63.9 cm³/mol. The van der Waals surface area contributed by atoms with Gasteiger partial charge in [0.2, 0.25) is 0 Å². The van der Waals surface area contributed by atoms with Crippen LogP contribution >= 0.6 is 0 Å². The van der Waals surface area contributed by atoms with Crippen molar-refractivity contribution in [2.45, 2.75) is 32.2 Å². The molecule has 0 aliphatic heterocycles. The van der Waals surface area contributed by atoms with Crippen LogP contribution in [0.3, 0.4) is 0 Å². The monoisotopic (exact) mass is 221 g/mol. The Balaban J connectivity index is 2.37. The average Bonchev–Trinajstić information content (AvgIpc) is 2.34. The Bertz CT molecular complexity index is 311. The highest BCUT2D eigenvalue weighted by atomic mass is 16.5. The molecule has 0 bridgehead atoms. The second-order valence-electron chi connectivity index (χ2n) is 3.76. The van der Waals surface area contributed by atoms with E-state index in [0.717, 1.165) is 24.8 Å². The Morgan fingerprint density at radius 3 is 2.62 bits per heavy atom. The summed E-state index contributed by atoms with van der Waals surface area (Å²) in [5.41, 5.74) is 6.57. The van der Waals surface area contributed by atoms with Gasteiger partial charge < -0.3 is 10.5 Å². The summed E-state index contributed by atoms with van der Waals surface area (Å²) in [6, 6.07) is 8.61. The Morgan fingerprint density at radius 1 is 1.31 bits per heavy atom. The van der Waals surface area contributed by atoms with Gasteiger partial charge in [0, 0.05) is 0 Å². The number of benzene rings is 1. The highest BCUT2D eigenvalue weighted by molar-refractivity contribution is 5.77. The molecule has 1 unspecified atom stereocenters. The van der Waals surface area contributed by atoms with Gasteiger partial charge in [-0.15, -0.1) is 0 Å². The molecule has 0 aliphatic carbocycles. The van der Waals surface area contributed by atoms with E-state index in [0.29, 0.717) is 6.61 Å². The number of hydrogen-bond donors (Lipinski definition) is 1. The first-order valence-corrected chi connectivity index (χ1v) is 5.73. The summed E-state index contributed by atoms with van der Waals surface area (Å²) >= 11 is 0. The molecule has 0 heterocycles. The summed E-state index contributed by atoms with van der Waals surface area (Å²) in [5, 5.41) is 0. The SMILES string of the molecule is CCCCCOC(=O)C(N)c1ccccc1. The second-order valence-corrected chi connectivity index (χ2v) is 3.76. The van der Waals surface area contributed by atoms with Crippen LogP contribution in [0.1, 0.15) is 37.8 Å². The minimum atomic E-state index is -0.664. The van der Waals surface area contributed by atoms with Crippen LogP contribution in [0.15, 0.2) is 30.3 Å². The lowest BCUT2D eigenvalue weighted by Crippen LogP contribution is -2.24. The first-order chi connectivity index (χ1) is 7.75. The molecular weight excluding hydrogens is 202 g/mol. The van der Waals surface area contributed by atoms with E-state index < -0.39 is 6.04 Å². The molecule has 0 aliphatic rings. The standard InChI is InChI=1S/C13H19NO2/c1-2-3-7-10-16-13(15)12(14)11-8-5-4-6-9-11/h4-6,8-9,12H,2-3,7,10,14H2,1H3. The van der Waals surface area contributed by atoms with E-state index in [9.17, 15) is 4.79 Å². The summed E-state index contributed by atoms with van der Waals surface area (Å²) in [5.74, 6) is -0.345. The maximum Gasteiger partial charge on any atom is 0.327 e. The zero-order valence-corrected chi connectivity index (χ0v) is 9.69. The van der Waals surface area contributed by atoms with Crippen molar-refractivity contribution in [3.8, 4) is 0 Å². The molecule has 2 N–H and O–H groups in total. The normalized spacial score (nSPS) is 12.1. The third-order valence-corrected chi connectivity index (χ3v) is 2.40. The molecule has 3 nitrogen and oxygen atoms in total. The van der Waals surface area contributed by atoms with E-state index in [4.69, 9.17) is 10.5 Å². The lowest BCUT2D eigenvalue weighted by atomic mass is 10.1. The van der Waals surface area contributed by atoms with Crippen LogP contribution in [0.5, 0.6) is 0 Å². The maximum atomic E-state index is 11.6. The van der Waals surface area contributed by atoms with Gasteiger partial charge >= 0.3 is 5.97 Å². The summed E-state index contributed by atoms with van der Waals surface area (Å²) in [4.78, 5) is 11.6. The first-order valence-electron chi connectivity index (χ1n) is 5.73. The van der Waals surface area contributed by atoms with Crippen LogP contribution in [-0.2, 0) is 9.53 Å². The molecule has 1 atom stereocenters. The highest BCUT2D eigenvalue weighted by Crippen LogP contribution is 2.11. The molecule has 1 aromatic rings. The molecule has 0 radical (unpaired) electrons. The zero-order chi connectivity index (χ0) is 11.8. The molecule has 0 saturated carbocycles. The van der Waals surface area contributed by atoms with E-state index in [1.165, 1.54) is 0 Å². The van der Waals surface area contributed by atoms with Crippen LogP contribution in [0.25, 0.3) is 0 Å². The molecule has 1 aromatic carbocycles. The molecule has 0 saturated heterocycles. The first kappa shape index (κ1) is 12.7. The number of ether oxygens (including phenoxy) is 1. The molecule has 1 rings (SSSR count). The van der Waals surface area contributed by atoms with Gasteiger partial charge in [0.05, 0.1) is 6.61 Å². The minimum Gasteiger partial charge on any atom is -0.464 e. The maximum absolute atomic E-state index is 11.6. The zero-order valence-electron chi connectivity index (χ0n) is 9.69. The molecule has 88 valence electrons. The summed E-state index contributed by atoms with van der Waals surface area (Å²) in [6.07, 6.45) is 3.10. The molecule has 3 heteroatoms. The third-order valence-electron chi connectivity index (χ3n) is 2.40. The smallest absolute Gasteiger partial charge is 0.327 e. The molecular formula is C13H19NO2. The number of esters is 1. The Labute approximate surface area is 96.6 Å². The lowest BCUT2D eigenvalue weighted by Gasteiger charge is -2.11. The van der Waals surface area contributed by atoms with Crippen molar-refractivity contribution in [1.82, 2.24) is 0 Å². The average molecular weight is 221 g/mol. The predicted octanol–water partition coefficient (Wildman–Crippen LogP) is 2.42. The van der Waals surface area contributed by atoms with Gasteiger partial charge in [0.1, 0.15) is 6.04 Å². The van der Waals surface area contributed by atoms with Crippen molar-refractivity contribution < 1.29 is 9.53 Å². The summed E-state index contributed by atoms with van der Waals surface area (Å²) in [7, 11) is 0. The fourth-order valence-corrected chi connectivity index (χ4v) is 1.41. The van der Waals surface area contributed by atoms with Crippen LogP contribution in [0.4, 0.5) is 0 Å². The van der Waals surface area contributed by atoms with Crippen molar-refractivity contribution in [3.05, 3.63) is 35.9 Å². The molecule has 16 heavy (non-hydrogen) atoms. The number of unbranched alkanes of at least 4 members (excludes halogenated alkanes) is 2. The van der Waals surface area contributed by atoms with Gasteiger partial charge in [0.25, 0.3) is 0 Å². The number of hydrogen-bond acceptors (Lipinski definition) is 3. The van der Waals surface area contributed by atoms with Crippen LogP contribution in [-0.4, -0.2) is 12.6 Å².